The number of carbonyl (C=O) groups excluding carboxylic acids is 1. The van der Waals surface area contributed by atoms with Gasteiger partial charge in [0.25, 0.3) is 5.91 Å². The highest BCUT2D eigenvalue weighted by molar-refractivity contribution is 9.10. The van der Waals surface area contributed by atoms with E-state index in [2.05, 4.69) is 21.2 Å². The maximum atomic E-state index is 13.5. The third kappa shape index (κ3) is 2.65. The van der Waals surface area contributed by atoms with Gasteiger partial charge in [-0.15, -0.1) is 0 Å². The first kappa shape index (κ1) is 12.5. The van der Waals surface area contributed by atoms with E-state index in [1.807, 2.05) is 0 Å². The summed E-state index contributed by atoms with van der Waals surface area (Å²) in [7, 11) is 0. The van der Waals surface area contributed by atoms with Crippen molar-refractivity contribution in [1.29, 1.82) is 0 Å². The Morgan fingerprint density at radius 1 is 1.24 bits per heavy atom. The Morgan fingerprint density at radius 2 is 1.88 bits per heavy atom. The number of nitrogens with one attached hydrogen (secondary N) is 1. The molecule has 0 radical (unpaired) electrons. The summed E-state index contributed by atoms with van der Waals surface area (Å²) in [6, 6.07) is 2.71. The Morgan fingerprint density at radius 3 is 2.53 bits per heavy atom. The minimum Gasteiger partial charge on any atom is -0.349 e. The van der Waals surface area contributed by atoms with E-state index in [9.17, 15) is 13.6 Å². The topological polar surface area (TPSA) is 29.1 Å². The molecular formula is C12H12BrF2NO. The van der Waals surface area contributed by atoms with Crippen molar-refractivity contribution in [3.05, 3.63) is 33.8 Å². The van der Waals surface area contributed by atoms with Crippen LogP contribution >= 0.6 is 15.9 Å². The molecule has 1 N–H and O–H groups in total. The second-order valence-electron chi connectivity index (χ2n) is 4.18. The largest absolute Gasteiger partial charge is 0.349 e. The lowest BCUT2D eigenvalue weighted by Gasteiger charge is -2.12. The molecule has 1 aliphatic rings. The Labute approximate surface area is 107 Å². The Kier molecular flexibility index (Phi) is 3.76. The number of carbonyl (C=O) groups is 1. The number of hydrogen-bond acceptors (Lipinski definition) is 1. The molecule has 0 aliphatic heterocycles. The van der Waals surface area contributed by atoms with Crippen molar-refractivity contribution in [3.8, 4) is 0 Å². The summed E-state index contributed by atoms with van der Waals surface area (Å²) < 4.78 is 26.8. The Balaban J connectivity index is 2.16. The number of amides is 1. The second kappa shape index (κ2) is 5.12. The van der Waals surface area contributed by atoms with Gasteiger partial charge in [0.2, 0.25) is 0 Å². The van der Waals surface area contributed by atoms with Crippen molar-refractivity contribution in [3.63, 3.8) is 0 Å². The maximum absolute atomic E-state index is 13.5. The van der Waals surface area contributed by atoms with Crippen LogP contribution in [0.2, 0.25) is 0 Å². The fourth-order valence-corrected chi connectivity index (χ4v) is 2.34. The van der Waals surface area contributed by atoms with Gasteiger partial charge in [-0.3, -0.25) is 4.79 Å². The van der Waals surface area contributed by atoms with Gasteiger partial charge in [0.15, 0.2) is 11.6 Å². The van der Waals surface area contributed by atoms with Gasteiger partial charge < -0.3 is 5.32 Å². The van der Waals surface area contributed by atoms with Crippen LogP contribution in [0.1, 0.15) is 36.0 Å². The van der Waals surface area contributed by atoms with Crippen LogP contribution in [0, 0.1) is 11.6 Å². The molecule has 0 atom stereocenters. The molecule has 1 aromatic rings. The van der Waals surface area contributed by atoms with Gasteiger partial charge >= 0.3 is 0 Å². The molecule has 1 saturated carbocycles. The summed E-state index contributed by atoms with van der Waals surface area (Å²) in [4.78, 5) is 11.8. The molecule has 0 heterocycles. The predicted octanol–water partition coefficient (Wildman–Crippen LogP) is 3.40. The molecule has 1 aromatic carbocycles. The van der Waals surface area contributed by atoms with Crippen LogP contribution in [0.3, 0.4) is 0 Å². The summed E-state index contributed by atoms with van der Waals surface area (Å²) in [5.74, 6) is -2.67. The minimum atomic E-state index is -1.10. The molecule has 2 rings (SSSR count). The smallest absolute Gasteiger partial charge is 0.254 e. The van der Waals surface area contributed by atoms with Crippen LogP contribution in [-0.4, -0.2) is 11.9 Å². The average molecular weight is 304 g/mol. The van der Waals surface area contributed by atoms with E-state index in [0.29, 0.717) is 0 Å². The summed E-state index contributed by atoms with van der Waals surface area (Å²) in [5, 5.41) is 2.72. The number of benzene rings is 1. The molecule has 0 saturated heterocycles. The first-order chi connectivity index (χ1) is 8.09. The molecular weight excluding hydrogens is 292 g/mol. The van der Waals surface area contributed by atoms with E-state index in [1.54, 1.807) is 0 Å². The number of hydrogen-bond donors (Lipinski definition) is 1. The van der Waals surface area contributed by atoms with Gasteiger partial charge in [-0.25, -0.2) is 8.78 Å². The fourth-order valence-electron chi connectivity index (χ4n) is 2.03. The van der Waals surface area contributed by atoms with Crippen LogP contribution in [-0.2, 0) is 0 Å². The standard InChI is InChI=1S/C12H12BrF2NO/c13-9-6-5-8(10(14)11(9)15)12(17)16-7-3-1-2-4-7/h5-7H,1-4H2,(H,16,17). The fraction of sp³-hybridized carbons (Fsp3) is 0.417. The van der Waals surface area contributed by atoms with E-state index in [4.69, 9.17) is 0 Å². The highest BCUT2D eigenvalue weighted by Crippen LogP contribution is 2.22. The molecule has 1 amide bonds. The molecule has 0 bridgehead atoms. The molecule has 0 aromatic heterocycles. The zero-order valence-electron chi connectivity index (χ0n) is 9.10. The van der Waals surface area contributed by atoms with Crippen LogP contribution in [0.25, 0.3) is 0 Å². The number of rotatable bonds is 2. The van der Waals surface area contributed by atoms with Crippen molar-refractivity contribution in [2.24, 2.45) is 0 Å². The first-order valence-corrected chi connectivity index (χ1v) is 6.33. The summed E-state index contributed by atoms with van der Waals surface area (Å²) in [5.41, 5.74) is -0.238. The predicted molar refractivity (Wildman–Crippen MR) is 63.8 cm³/mol. The second-order valence-corrected chi connectivity index (χ2v) is 5.03. The monoisotopic (exact) mass is 303 g/mol. The van der Waals surface area contributed by atoms with Crippen LogP contribution in [0.5, 0.6) is 0 Å². The van der Waals surface area contributed by atoms with Crippen molar-refractivity contribution in [1.82, 2.24) is 5.32 Å². The lowest BCUT2D eigenvalue weighted by Crippen LogP contribution is -2.33. The van der Waals surface area contributed by atoms with Gasteiger partial charge in [0, 0.05) is 6.04 Å². The minimum absolute atomic E-state index is 0.0208. The third-order valence-corrected chi connectivity index (χ3v) is 3.58. The quantitative estimate of drug-likeness (QED) is 0.834. The molecule has 17 heavy (non-hydrogen) atoms. The van der Waals surface area contributed by atoms with Gasteiger partial charge in [-0.05, 0) is 40.9 Å². The molecule has 1 fully saturated rings. The van der Waals surface area contributed by atoms with E-state index in [-0.39, 0.29) is 16.1 Å². The summed E-state index contributed by atoms with van der Waals surface area (Å²) in [6.45, 7) is 0. The molecule has 0 spiro atoms. The lowest BCUT2D eigenvalue weighted by atomic mass is 10.1. The van der Waals surface area contributed by atoms with Crippen LogP contribution in [0.4, 0.5) is 8.78 Å². The van der Waals surface area contributed by atoms with E-state index in [0.717, 1.165) is 25.7 Å². The van der Waals surface area contributed by atoms with Crippen molar-refractivity contribution < 1.29 is 13.6 Å². The normalized spacial score (nSPS) is 16.2. The zero-order valence-corrected chi connectivity index (χ0v) is 10.7. The molecule has 0 unspecified atom stereocenters. The first-order valence-electron chi connectivity index (χ1n) is 5.54. The Bertz CT molecular complexity index is 444. The van der Waals surface area contributed by atoms with Gasteiger partial charge in [0.1, 0.15) is 0 Å². The maximum Gasteiger partial charge on any atom is 0.254 e. The molecule has 92 valence electrons. The SMILES string of the molecule is O=C(NC1CCCC1)c1ccc(Br)c(F)c1F. The Hall–Kier alpha value is -0.970. The van der Waals surface area contributed by atoms with Crippen LogP contribution < -0.4 is 5.32 Å². The summed E-state index contributed by atoms with van der Waals surface area (Å²) >= 11 is 2.87. The highest BCUT2D eigenvalue weighted by Gasteiger charge is 2.22. The van der Waals surface area contributed by atoms with Crippen LogP contribution in [0.15, 0.2) is 16.6 Å². The van der Waals surface area contributed by atoms with E-state index >= 15 is 0 Å². The molecule has 1 aliphatic carbocycles. The van der Waals surface area contributed by atoms with Crippen molar-refractivity contribution in [2.75, 3.05) is 0 Å². The number of halogens is 3. The van der Waals surface area contributed by atoms with Crippen molar-refractivity contribution in [2.45, 2.75) is 31.7 Å². The van der Waals surface area contributed by atoms with Gasteiger partial charge in [-0.2, -0.15) is 0 Å². The van der Waals surface area contributed by atoms with Gasteiger partial charge in [-0.1, -0.05) is 12.8 Å². The third-order valence-electron chi connectivity index (χ3n) is 2.97. The van der Waals surface area contributed by atoms with Gasteiger partial charge in [0.05, 0.1) is 10.0 Å². The highest BCUT2D eigenvalue weighted by atomic mass is 79.9. The molecule has 2 nitrogen and oxygen atoms in total. The lowest BCUT2D eigenvalue weighted by molar-refractivity contribution is 0.0932. The zero-order chi connectivity index (χ0) is 12.4. The van der Waals surface area contributed by atoms with Crippen molar-refractivity contribution >= 4 is 21.8 Å². The van der Waals surface area contributed by atoms with E-state index in [1.165, 1.54) is 12.1 Å². The molecule has 5 heteroatoms. The summed E-state index contributed by atoms with van der Waals surface area (Å²) in [6.07, 6.45) is 3.96. The van der Waals surface area contributed by atoms with E-state index < -0.39 is 17.5 Å². The average Bonchev–Trinajstić information content (AvgIpc) is 2.78.